The maximum Gasteiger partial charge on any atom is 0.282 e. The lowest BCUT2D eigenvalue weighted by Crippen LogP contribution is -2.53. The van der Waals surface area contributed by atoms with Crippen LogP contribution in [0.4, 0.5) is 0 Å². The Morgan fingerprint density at radius 3 is 2.00 bits per heavy atom. The molecule has 2 heterocycles. The van der Waals surface area contributed by atoms with E-state index < -0.39 is 16.3 Å². The molecule has 3 rings (SSSR count). The molecule has 1 atom stereocenters. The molecule has 1 aromatic rings. The largest absolute Gasteiger partial charge is 0.387 e. The molecule has 2 saturated heterocycles. The average Bonchev–Trinajstić information content (AvgIpc) is 2.93. The van der Waals surface area contributed by atoms with Gasteiger partial charge in [-0.25, -0.2) is 0 Å². The van der Waals surface area contributed by atoms with Crippen LogP contribution in [0.2, 0.25) is 0 Å². The topological polar surface area (TPSA) is 64.1 Å². The number of aliphatic hydroxyl groups excluding tert-OH is 1. The van der Waals surface area contributed by atoms with Gasteiger partial charge in [0.1, 0.15) is 0 Å². The first kappa shape index (κ1) is 18.8. The molecule has 1 aromatic carbocycles. The van der Waals surface area contributed by atoms with Crippen molar-refractivity contribution in [3.8, 4) is 0 Å². The molecule has 0 radical (unpaired) electrons. The first-order valence-corrected chi connectivity index (χ1v) is 10.7. The molecule has 0 spiro atoms. The van der Waals surface area contributed by atoms with Crippen LogP contribution in [0, 0.1) is 0 Å². The Morgan fingerprint density at radius 1 is 0.840 bits per heavy atom. The van der Waals surface area contributed by atoms with Crippen LogP contribution in [0.1, 0.15) is 37.4 Å². The maximum atomic E-state index is 12.8. The predicted molar refractivity (Wildman–Crippen MR) is 98.4 cm³/mol. The van der Waals surface area contributed by atoms with Crippen molar-refractivity contribution in [2.24, 2.45) is 0 Å². The highest BCUT2D eigenvalue weighted by atomic mass is 32.2. The van der Waals surface area contributed by atoms with Crippen LogP contribution in [0.3, 0.4) is 0 Å². The first-order valence-electron chi connectivity index (χ1n) is 9.28. The molecule has 2 aliphatic heterocycles. The van der Waals surface area contributed by atoms with E-state index in [1.54, 1.807) is 8.61 Å². The molecule has 1 N–H and O–H groups in total. The summed E-state index contributed by atoms with van der Waals surface area (Å²) in [5, 5.41) is 10.4. The van der Waals surface area contributed by atoms with Gasteiger partial charge in [-0.1, -0.05) is 43.2 Å². The number of aliphatic hydroxyl groups is 1. The summed E-state index contributed by atoms with van der Waals surface area (Å²) >= 11 is 0. The Bertz CT molecular complexity index is 622. The van der Waals surface area contributed by atoms with Crippen LogP contribution < -0.4 is 0 Å². The fraction of sp³-hybridized carbons (Fsp3) is 0.667. The third-order valence-corrected chi connectivity index (χ3v) is 7.20. The maximum absolute atomic E-state index is 12.8. The van der Waals surface area contributed by atoms with Gasteiger partial charge in [0.2, 0.25) is 0 Å². The van der Waals surface area contributed by atoms with Crippen molar-refractivity contribution in [1.29, 1.82) is 0 Å². The second kappa shape index (κ2) is 8.60. The molecule has 2 aliphatic rings. The van der Waals surface area contributed by atoms with E-state index in [9.17, 15) is 13.5 Å². The van der Waals surface area contributed by atoms with Gasteiger partial charge in [0.25, 0.3) is 10.2 Å². The summed E-state index contributed by atoms with van der Waals surface area (Å²) in [6, 6.07) is 9.62. The van der Waals surface area contributed by atoms with Crippen LogP contribution in [-0.4, -0.2) is 72.8 Å². The van der Waals surface area contributed by atoms with Gasteiger partial charge in [-0.15, -0.1) is 0 Å². The summed E-state index contributed by atoms with van der Waals surface area (Å²) in [6.07, 6.45) is 3.63. The molecule has 7 heteroatoms. The molecular weight excluding hydrogens is 338 g/mol. The van der Waals surface area contributed by atoms with Gasteiger partial charge in [-0.3, -0.25) is 4.90 Å². The van der Waals surface area contributed by atoms with Gasteiger partial charge in [0.05, 0.1) is 6.10 Å². The SMILES string of the molecule is O=S(=O)(N1CCCCCC1)N1CCN(C[C@H](O)c2ccccc2)CC1. The fourth-order valence-corrected chi connectivity index (χ4v) is 5.27. The molecule has 0 saturated carbocycles. The summed E-state index contributed by atoms with van der Waals surface area (Å²) in [7, 11) is -3.33. The third-order valence-electron chi connectivity index (χ3n) is 5.16. The van der Waals surface area contributed by atoms with Crippen LogP contribution in [0.5, 0.6) is 0 Å². The highest BCUT2D eigenvalue weighted by Gasteiger charge is 2.32. The fourth-order valence-electron chi connectivity index (χ4n) is 3.60. The van der Waals surface area contributed by atoms with E-state index in [0.717, 1.165) is 31.2 Å². The van der Waals surface area contributed by atoms with Gasteiger partial charge >= 0.3 is 0 Å². The van der Waals surface area contributed by atoms with E-state index >= 15 is 0 Å². The number of nitrogens with zero attached hydrogens (tertiary/aromatic N) is 3. The van der Waals surface area contributed by atoms with Crippen molar-refractivity contribution < 1.29 is 13.5 Å². The second-order valence-corrected chi connectivity index (χ2v) is 8.88. The van der Waals surface area contributed by atoms with Crippen molar-refractivity contribution >= 4 is 10.2 Å². The van der Waals surface area contributed by atoms with Gasteiger partial charge < -0.3 is 5.11 Å². The molecule has 2 fully saturated rings. The summed E-state index contributed by atoms with van der Waals surface area (Å²) in [4.78, 5) is 2.14. The predicted octanol–water partition coefficient (Wildman–Crippen LogP) is 1.46. The Hall–Kier alpha value is -0.990. The number of hydrogen-bond donors (Lipinski definition) is 1. The van der Waals surface area contributed by atoms with Crippen molar-refractivity contribution in [1.82, 2.24) is 13.5 Å². The minimum absolute atomic E-state index is 0.500. The Morgan fingerprint density at radius 2 is 1.40 bits per heavy atom. The van der Waals surface area contributed by atoms with Gasteiger partial charge in [-0.05, 0) is 18.4 Å². The summed E-state index contributed by atoms with van der Waals surface area (Å²) in [6.45, 7) is 4.17. The zero-order chi connectivity index (χ0) is 17.7. The minimum Gasteiger partial charge on any atom is -0.387 e. The van der Waals surface area contributed by atoms with Gasteiger partial charge in [0, 0.05) is 45.8 Å². The number of β-amino-alcohol motifs (C(OH)–C–C–N with tert-alkyl or cyclic N) is 1. The Kier molecular flexibility index (Phi) is 6.46. The lowest BCUT2D eigenvalue weighted by atomic mass is 10.1. The Labute approximate surface area is 151 Å². The monoisotopic (exact) mass is 367 g/mol. The van der Waals surface area contributed by atoms with E-state index in [1.807, 2.05) is 30.3 Å². The second-order valence-electron chi connectivity index (χ2n) is 6.95. The zero-order valence-electron chi connectivity index (χ0n) is 14.8. The van der Waals surface area contributed by atoms with E-state index in [0.29, 0.717) is 45.8 Å². The molecule has 140 valence electrons. The van der Waals surface area contributed by atoms with Crippen LogP contribution in [0.25, 0.3) is 0 Å². The van der Waals surface area contributed by atoms with Crippen LogP contribution >= 0.6 is 0 Å². The molecular formula is C18H29N3O3S. The first-order chi connectivity index (χ1) is 12.1. The smallest absolute Gasteiger partial charge is 0.282 e. The van der Waals surface area contributed by atoms with Crippen LogP contribution in [-0.2, 0) is 10.2 Å². The van der Waals surface area contributed by atoms with Crippen molar-refractivity contribution in [2.75, 3.05) is 45.8 Å². The molecule has 0 aromatic heterocycles. The highest BCUT2D eigenvalue weighted by Crippen LogP contribution is 2.19. The summed E-state index contributed by atoms with van der Waals surface area (Å²) in [5.41, 5.74) is 0.905. The quantitative estimate of drug-likeness (QED) is 0.856. The number of hydrogen-bond acceptors (Lipinski definition) is 4. The minimum atomic E-state index is -3.33. The lowest BCUT2D eigenvalue weighted by molar-refractivity contribution is 0.0907. The van der Waals surface area contributed by atoms with E-state index in [2.05, 4.69) is 4.90 Å². The van der Waals surface area contributed by atoms with Crippen molar-refractivity contribution in [3.63, 3.8) is 0 Å². The normalized spacial score (nSPS) is 23.2. The summed E-state index contributed by atoms with van der Waals surface area (Å²) < 4.78 is 28.9. The Balaban J connectivity index is 1.52. The standard InChI is InChI=1S/C18H29N3O3S/c22-18(17-8-4-3-5-9-17)16-19-12-14-21(15-13-19)25(23,24)20-10-6-1-2-7-11-20/h3-5,8-9,18,22H,1-2,6-7,10-16H2/t18-/m0/s1. The van der Waals surface area contributed by atoms with Gasteiger partial charge in [-0.2, -0.15) is 17.0 Å². The zero-order valence-corrected chi connectivity index (χ0v) is 15.6. The van der Waals surface area contributed by atoms with E-state index in [4.69, 9.17) is 0 Å². The number of benzene rings is 1. The van der Waals surface area contributed by atoms with E-state index in [-0.39, 0.29) is 0 Å². The number of rotatable bonds is 5. The lowest BCUT2D eigenvalue weighted by Gasteiger charge is -2.37. The third kappa shape index (κ3) is 4.80. The molecule has 0 bridgehead atoms. The van der Waals surface area contributed by atoms with E-state index in [1.165, 1.54) is 0 Å². The van der Waals surface area contributed by atoms with Crippen molar-refractivity contribution in [3.05, 3.63) is 35.9 Å². The number of piperazine rings is 1. The molecule has 0 unspecified atom stereocenters. The average molecular weight is 368 g/mol. The van der Waals surface area contributed by atoms with Crippen LogP contribution in [0.15, 0.2) is 30.3 Å². The van der Waals surface area contributed by atoms with Crippen molar-refractivity contribution in [2.45, 2.75) is 31.8 Å². The molecule has 0 aliphatic carbocycles. The molecule has 6 nitrogen and oxygen atoms in total. The molecule has 25 heavy (non-hydrogen) atoms. The highest BCUT2D eigenvalue weighted by molar-refractivity contribution is 7.86. The molecule has 0 amide bonds. The summed E-state index contributed by atoms with van der Waals surface area (Å²) in [5.74, 6) is 0. The van der Waals surface area contributed by atoms with Gasteiger partial charge in [0.15, 0.2) is 0 Å².